The number of sulfonamides is 1. The zero-order valence-corrected chi connectivity index (χ0v) is 11.1. The van der Waals surface area contributed by atoms with Gasteiger partial charge < -0.3 is 10.1 Å². The summed E-state index contributed by atoms with van der Waals surface area (Å²) in [7, 11) is -3.75. The zero-order valence-electron chi connectivity index (χ0n) is 10.2. The van der Waals surface area contributed by atoms with Crippen LogP contribution in [0.1, 0.15) is 0 Å². The molecule has 102 valence electrons. The van der Waals surface area contributed by atoms with Crippen LogP contribution in [-0.2, 0) is 10.0 Å². The van der Waals surface area contributed by atoms with Crippen molar-refractivity contribution in [2.75, 3.05) is 4.72 Å². The Balaban J connectivity index is 2.02. The summed E-state index contributed by atoms with van der Waals surface area (Å²) in [5.74, 6) is -0.103. The van der Waals surface area contributed by atoms with Gasteiger partial charge in [-0.2, -0.15) is 0 Å². The van der Waals surface area contributed by atoms with E-state index in [1.807, 2.05) is 0 Å². The number of phenolic OH excluding ortho intramolecular Hbond substituents is 1. The molecule has 0 spiro atoms. The monoisotopic (exact) mass is 289 g/mol. The highest BCUT2D eigenvalue weighted by molar-refractivity contribution is 7.92. The zero-order chi connectivity index (χ0) is 14.2. The third-order valence-electron chi connectivity index (χ3n) is 2.82. The summed E-state index contributed by atoms with van der Waals surface area (Å²) in [6.45, 7) is 0. The minimum Gasteiger partial charge on any atom is -0.508 e. The number of H-pyrrole nitrogens is 1. The summed E-state index contributed by atoms with van der Waals surface area (Å²) in [4.78, 5) is 6.97. The predicted octanol–water partition coefficient (Wildman–Crippen LogP) is 2.07. The molecule has 20 heavy (non-hydrogen) atoms. The standard InChI is InChI=1S/C13H11N3O3S/c17-9-3-1-4-10(7-9)20(18,19)16-12-8-15-13-11(12)5-2-6-14-13/h1-8,16-17H,(H,14,15). The van der Waals surface area contributed by atoms with E-state index in [1.165, 1.54) is 30.5 Å². The minimum atomic E-state index is -3.75. The van der Waals surface area contributed by atoms with Gasteiger partial charge in [0.05, 0.1) is 10.6 Å². The predicted molar refractivity (Wildman–Crippen MR) is 75.0 cm³/mol. The molecule has 1 aromatic carbocycles. The minimum absolute atomic E-state index is 0.00394. The largest absolute Gasteiger partial charge is 0.508 e. The number of anilines is 1. The Kier molecular flexibility index (Phi) is 2.83. The lowest BCUT2D eigenvalue weighted by molar-refractivity contribution is 0.473. The fraction of sp³-hybridized carbons (Fsp3) is 0. The summed E-state index contributed by atoms with van der Waals surface area (Å²) in [6, 6.07) is 8.97. The van der Waals surface area contributed by atoms with Crippen LogP contribution in [0.25, 0.3) is 11.0 Å². The van der Waals surface area contributed by atoms with Gasteiger partial charge in [-0.05, 0) is 24.3 Å². The Morgan fingerprint density at radius 1 is 1.20 bits per heavy atom. The fourth-order valence-corrected chi connectivity index (χ4v) is 3.00. The van der Waals surface area contributed by atoms with E-state index in [1.54, 1.807) is 18.3 Å². The number of fused-ring (bicyclic) bond motifs is 1. The number of hydrogen-bond donors (Lipinski definition) is 3. The highest BCUT2D eigenvalue weighted by Crippen LogP contribution is 2.25. The van der Waals surface area contributed by atoms with E-state index in [2.05, 4.69) is 14.7 Å². The van der Waals surface area contributed by atoms with E-state index in [9.17, 15) is 13.5 Å². The number of nitrogens with one attached hydrogen (secondary N) is 2. The molecule has 2 aromatic heterocycles. The van der Waals surface area contributed by atoms with Crippen molar-refractivity contribution in [3.8, 4) is 5.75 Å². The van der Waals surface area contributed by atoms with Crippen LogP contribution < -0.4 is 4.72 Å². The molecule has 0 aliphatic rings. The quantitative estimate of drug-likeness (QED) is 0.688. The topological polar surface area (TPSA) is 95.1 Å². The van der Waals surface area contributed by atoms with Crippen molar-refractivity contribution in [3.63, 3.8) is 0 Å². The molecule has 3 aromatic rings. The number of rotatable bonds is 3. The number of benzene rings is 1. The molecule has 0 aliphatic heterocycles. The number of aromatic hydroxyl groups is 1. The number of hydrogen-bond acceptors (Lipinski definition) is 4. The number of aromatic nitrogens is 2. The maximum atomic E-state index is 12.2. The molecule has 0 bridgehead atoms. The molecule has 6 nitrogen and oxygen atoms in total. The average molecular weight is 289 g/mol. The van der Waals surface area contributed by atoms with Crippen LogP contribution in [0.4, 0.5) is 5.69 Å². The van der Waals surface area contributed by atoms with Crippen molar-refractivity contribution < 1.29 is 13.5 Å². The van der Waals surface area contributed by atoms with Crippen LogP contribution in [0.5, 0.6) is 5.75 Å². The molecule has 0 saturated carbocycles. The molecule has 3 N–H and O–H groups in total. The lowest BCUT2D eigenvalue weighted by atomic mass is 10.3. The molecule has 0 fully saturated rings. The lowest BCUT2D eigenvalue weighted by Crippen LogP contribution is -2.12. The van der Waals surface area contributed by atoms with E-state index in [4.69, 9.17) is 0 Å². The molecule has 0 unspecified atom stereocenters. The second kappa shape index (κ2) is 4.53. The van der Waals surface area contributed by atoms with Gasteiger partial charge in [-0.3, -0.25) is 4.72 Å². The van der Waals surface area contributed by atoms with Crippen LogP contribution in [-0.4, -0.2) is 23.5 Å². The first-order chi connectivity index (χ1) is 9.56. The summed E-state index contributed by atoms with van der Waals surface area (Å²) in [5, 5.41) is 10.0. The van der Waals surface area contributed by atoms with Crippen LogP contribution in [0, 0.1) is 0 Å². The molecule has 0 atom stereocenters. The fourth-order valence-electron chi connectivity index (χ4n) is 1.89. The second-order valence-electron chi connectivity index (χ2n) is 4.20. The average Bonchev–Trinajstić information content (AvgIpc) is 2.82. The highest BCUT2D eigenvalue weighted by Gasteiger charge is 2.16. The van der Waals surface area contributed by atoms with E-state index < -0.39 is 10.0 Å². The van der Waals surface area contributed by atoms with Crippen LogP contribution in [0.15, 0.2) is 53.7 Å². The van der Waals surface area contributed by atoms with Crippen molar-refractivity contribution in [1.82, 2.24) is 9.97 Å². The van der Waals surface area contributed by atoms with Gasteiger partial charge in [0.15, 0.2) is 0 Å². The first-order valence-corrected chi connectivity index (χ1v) is 7.28. The van der Waals surface area contributed by atoms with Gasteiger partial charge in [-0.25, -0.2) is 13.4 Å². The number of aromatic amines is 1. The maximum Gasteiger partial charge on any atom is 0.262 e. The Labute approximate surface area is 115 Å². The van der Waals surface area contributed by atoms with Gasteiger partial charge in [-0.1, -0.05) is 6.07 Å². The van der Waals surface area contributed by atoms with Gasteiger partial charge in [-0.15, -0.1) is 0 Å². The maximum absolute atomic E-state index is 12.2. The number of pyridine rings is 1. The molecule has 0 aliphatic carbocycles. The summed E-state index contributed by atoms with van der Waals surface area (Å²) >= 11 is 0. The number of nitrogens with zero attached hydrogens (tertiary/aromatic N) is 1. The van der Waals surface area contributed by atoms with Crippen molar-refractivity contribution in [2.24, 2.45) is 0 Å². The lowest BCUT2D eigenvalue weighted by Gasteiger charge is -2.07. The Morgan fingerprint density at radius 3 is 2.85 bits per heavy atom. The SMILES string of the molecule is O=S(=O)(Nc1c[nH]c2ncccc12)c1cccc(O)c1. The molecular weight excluding hydrogens is 278 g/mol. The van der Waals surface area contributed by atoms with Gasteiger partial charge in [0.25, 0.3) is 10.0 Å². The Morgan fingerprint density at radius 2 is 2.05 bits per heavy atom. The highest BCUT2D eigenvalue weighted by atomic mass is 32.2. The molecule has 0 saturated heterocycles. The molecule has 3 rings (SSSR count). The van der Waals surface area contributed by atoms with Gasteiger partial charge in [0.2, 0.25) is 0 Å². The van der Waals surface area contributed by atoms with Crippen molar-refractivity contribution in [3.05, 3.63) is 48.8 Å². The summed E-state index contributed by atoms with van der Waals surface area (Å²) in [6.07, 6.45) is 3.16. The molecule has 7 heteroatoms. The smallest absolute Gasteiger partial charge is 0.262 e. The third kappa shape index (κ3) is 2.19. The van der Waals surface area contributed by atoms with Crippen molar-refractivity contribution in [2.45, 2.75) is 4.90 Å². The van der Waals surface area contributed by atoms with Gasteiger partial charge in [0, 0.05) is 23.8 Å². The van der Waals surface area contributed by atoms with E-state index in [0.29, 0.717) is 16.7 Å². The van der Waals surface area contributed by atoms with Crippen LogP contribution in [0.2, 0.25) is 0 Å². The molecule has 0 radical (unpaired) electrons. The van der Waals surface area contributed by atoms with Crippen LogP contribution in [0.3, 0.4) is 0 Å². The van der Waals surface area contributed by atoms with Gasteiger partial charge >= 0.3 is 0 Å². The second-order valence-corrected chi connectivity index (χ2v) is 5.89. The molecule has 2 heterocycles. The van der Waals surface area contributed by atoms with Crippen LogP contribution >= 0.6 is 0 Å². The van der Waals surface area contributed by atoms with Crippen molar-refractivity contribution in [1.29, 1.82) is 0 Å². The molecular formula is C13H11N3O3S. The normalized spacial score (nSPS) is 11.6. The first-order valence-electron chi connectivity index (χ1n) is 5.80. The number of phenols is 1. The van der Waals surface area contributed by atoms with E-state index in [0.717, 1.165) is 0 Å². The van der Waals surface area contributed by atoms with E-state index >= 15 is 0 Å². The van der Waals surface area contributed by atoms with Crippen molar-refractivity contribution >= 4 is 26.7 Å². The first kappa shape index (κ1) is 12.5. The summed E-state index contributed by atoms with van der Waals surface area (Å²) < 4.78 is 27.0. The Hall–Kier alpha value is -2.54. The van der Waals surface area contributed by atoms with E-state index in [-0.39, 0.29) is 10.6 Å². The van der Waals surface area contributed by atoms with Gasteiger partial charge in [0.1, 0.15) is 11.4 Å². The third-order valence-corrected chi connectivity index (χ3v) is 4.19. The summed E-state index contributed by atoms with van der Waals surface area (Å²) in [5.41, 5.74) is 1.01. The molecule has 0 amide bonds. The Bertz CT molecular complexity index is 871.